The molecule has 0 unspecified atom stereocenters. The van der Waals surface area contributed by atoms with E-state index in [0.29, 0.717) is 5.69 Å². The van der Waals surface area contributed by atoms with Crippen LogP contribution in [-0.4, -0.2) is 53.1 Å². The highest BCUT2D eigenvalue weighted by molar-refractivity contribution is 6.02. The zero-order chi connectivity index (χ0) is 20.9. The van der Waals surface area contributed by atoms with Crippen molar-refractivity contribution in [3.05, 3.63) is 42.2 Å². The van der Waals surface area contributed by atoms with Gasteiger partial charge < -0.3 is 20.2 Å². The summed E-state index contributed by atoms with van der Waals surface area (Å²) >= 11 is 0. The fraction of sp³-hybridized carbons (Fsp3) is 0.455. The second kappa shape index (κ2) is 9.11. The first kappa shape index (κ1) is 20.1. The molecule has 4 rings (SSSR count). The third-order valence-electron chi connectivity index (χ3n) is 5.91. The van der Waals surface area contributed by atoms with E-state index in [-0.39, 0.29) is 17.4 Å². The van der Waals surface area contributed by atoms with Crippen molar-refractivity contribution >= 4 is 29.2 Å². The van der Waals surface area contributed by atoms with Gasteiger partial charge in [0.05, 0.1) is 11.3 Å². The predicted molar refractivity (Wildman–Crippen MR) is 115 cm³/mol. The molecule has 0 atom stereocenters. The second-order valence-electron chi connectivity index (χ2n) is 7.88. The van der Waals surface area contributed by atoms with Crippen molar-refractivity contribution in [1.82, 2.24) is 9.97 Å². The first-order chi connectivity index (χ1) is 14.6. The van der Waals surface area contributed by atoms with E-state index in [0.717, 1.165) is 69.9 Å². The van der Waals surface area contributed by atoms with Gasteiger partial charge in [0.15, 0.2) is 0 Å². The molecule has 8 heteroatoms. The van der Waals surface area contributed by atoms with Gasteiger partial charge in [-0.1, -0.05) is 12.8 Å². The van der Waals surface area contributed by atoms with Gasteiger partial charge in [-0.05, 0) is 43.5 Å². The van der Waals surface area contributed by atoms with E-state index in [1.54, 1.807) is 30.6 Å². The predicted octanol–water partition coefficient (Wildman–Crippen LogP) is 3.02. The van der Waals surface area contributed by atoms with Gasteiger partial charge in [0.2, 0.25) is 11.9 Å². The lowest BCUT2D eigenvalue weighted by Crippen LogP contribution is -2.31. The molecule has 0 radical (unpaired) electrons. The lowest BCUT2D eigenvalue weighted by molar-refractivity contribution is -0.119. The van der Waals surface area contributed by atoms with Gasteiger partial charge in [-0.25, -0.2) is 14.8 Å². The number of aromatic nitrogens is 2. The maximum Gasteiger partial charge on any atom is 0.337 e. The summed E-state index contributed by atoms with van der Waals surface area (Å²) in [5.41, 5.74) is 1.35. The zero-order valence-corrected chi connectivity index (χ0v) is 17.0. The average molecular weight is 409 g/mol. The maximum atomic E-state index is 12.5. The van der Waals surface area contributed by atoms with Gasteiger partial charge in [-0.2, -0.15) is 0 Å². The smallest absolute Gasteiger partial charge is 0.337 e. The second-order valence-corrected chi connectivity index (χ2v) is 7.88. The molecule has 2 aliphatic rings. The van der Waals surface area contributed by atoms with E-state index in [4.69, 9.17) is 0 Å². The summed E-state index contributed by atoms with van der Waals surface area (Å²) in [5, 5.41) is 12.6. The Kier molecular flexibility index (Phi) is 6.11. The summed E-state index contributed by atoms with van der Waals surface area (Å²) in [6, 6.07) is 7.08. The Morgan fingerprint density at radius 2 is 1.67 bits per heavy atom. The summed E-state index contributed by atoms with van der Waals surface area (Å²) in [5.74, 6) is -0.401. The minimum Gasteiger partial charge on any atom is -0.478 e. The molecule has 1 aliphatic carbocycles. The molecule has 1 amide bonds. The molecule has 1 aromatic heterocycles. The summed E-state index contributed by atoms with van der Waals surface area (Å²) in [6.45, 7) is 3.16. The molecule has 1 aliphatic heterocycles. The molecule has 8 nitrogen and oxygen atoms in total. The van der Waals surface area contributed by atoms with Crippen molar-refractivity contribution in [2.24, 2.45) is 5.92 Å². The number of carboxylic acids is 1. The molecule has 1 aromatic carbocycles. The highest BCUT2D eigenvalue weighted by atomic mass is 16.4. The van der Waals surface area contributed by atoms with Crippen molar-refractivity contribution in [3.63, 3.8) is 0 Å². The molecule has 158 valence electrons. The van der Waals surface area contributed by atoms with Crippen LogP contribution in [0.5, 0.6) is 0 Å². The van der Waals surface area contributed by atoms with Crippen LogP contribution in [0.3, 0.4) is 0 Å². The first-order valence-corrected chi connectivity index (χ1v) is 10.6. The minimum atomic E-state index is -1.03. The largest absolute Gasteiger partial charge is 0.478 e. The number of carbonyl (C=O) groups is 2. The Morgan fingerprint density at radius 1 is 0.967 bits per heavy atom. The number of carboxylic acid groups (broad SMARTS) is 1. The van der Waals surface area contributed by atoms with Crippen LogP contribution in [0.1, 0.15) is 42.5 Å². The monoisotopic (exact) mass is 409 g/mol. The Labute approximate surface area is 175 Å². The quantitative estimate of drug-likeness (QED) is 0.783. The molecule has 1 saturated carbocycles. The summed E-state index contributed by atoms with van der Waals surface area (Å²) < 4.78 is 0. The molecule has 0 bridgehead atoms. The van der Waals surface area contributed by atoms with Crippen molar-refractivity contribution in [3.8, 4) is 0 Å². The fourth-order valence-corrected chi connectivity index (χ4v) is 4.27. The van der Waals surface area contributed by atoms with Crippen LogP contribution in [-0.2, 0) is 4.79 Å². The van der Waals surface area contributed by atoms with Gasteiger partial charge in [-0.3, -0.25) is 4.79 Å². The van der Waals surface area contributed by atoms with Gasteiger partial charge in [-0.15, -0.1) is 0 Å². The third-order valence-corrected chi connectivity index (χ3v) is 5.91. The highest BCUT2D eigenvalue weighted by Gasteiger charge is 2.25. The van der Waals surface area contributed by atoms with Crippen LogP contribution in [0, 0.1) is 5.92 Å². The summed E-state index contributed by atoms with van der Waals surface area (Å²) in [6.07, 6.45) is 8.27. The van der Waals surface area contributed by atoms with Crippen molar-refractivity contribution in [2.75, 3.05) is 41.3 Å². The number of anilines is 3. The molecule has 0 spiro atoms. The molecule has 2 fully saturated rings. The van der Waals surface area contributed by atoms with Gasteiger partial charge >= 0.3 is 5.97 Å². The van der Waals surface area contributed by atoms with E-state index >= 15 is 0 Å². The molecule has 30 heavy (non-hydrogen) atoms. The van der Waals surface area contributed by atoms with Crippen LogP contribution >= 0.6 is 0 Å². The van der Waals surface area contributed by atoms with Crippen LogP contribution in [0.25, 0.3) is 0 Å². The minimum absolute atomic E-state index is 0.0110. The summed E-state index contributed by atoms with van der Waals surface area (Å²) in [4.78, 5) is 37.3. The van der Waals surface area contributed by atoms with Crippen molar-refractivity contribution < 1.29 is 14.7 Å². The Bertz CT molecular complexity index is 899. The number of carbonyl (C=O) groups excluding carboxylic acids is 1. The van der Waals surface area contributed by atoms with E-state index in [1.807, 2.05) is 6.07 Å². The fourth-order valence-electron chi connectivity index (χ4n) is 4.27. The van der Waals surface area contributed by atoms with E-state index < -0.39 is 5.97 Å². The zero-order valence-electron chi connectivity index (χ0n) is 17.0. The van der Waals surface area contributed by atoms with Crippen molar-refractivity contribution in [2.45, 2.75) is 32.1 Å². The lowest BCUT2D eigenvalue weighted by atomic mass is 10.1. The first-order valence-electron chi connectivity index (χ1n) is 10.6. The molecular weight excluding hydrogens is 382 g/mol. The Morgan fingerprint density at radius 3 is 2.40 bits per heavy atom. The van der Waals surface area contributed by atoms with Gasteiger partial charge in [0.1, 0.15) is 0 Å². The van der Waals surface area contributed by atoms with Crippen molar-refractivity contribution in [1.29, 1.82) is 0 Å². The molecule has 2 N–H and O–H groups in total. The number of amides is 1. The number of aromatic carboxylic acids is 1. The van der Waals surface area contributed by atoms with E-state index in [9.17, 15) is 14.7 Å². The van der Waals surface area contributed by atoms with Crippen LogP contribution < -0.4 is 15.1 Å². The lowest BCUT2D eigenvalue weighted by Gasteiger charge is -2.24. The number of nitrogens with one attached hydrogen (secondary N) is 1. The standard InChI is InChI=1S/C22H27N5O3/c28-20(16-5-1-2-6-16)25-19-8-7-17(15-18(19)21(29)30)26-11-4-12-27(14-13-26)22-23-9-3-10-24-22/h3,7-10,15-16H,1-2,4-6,11-14H2,(H,25,28)(H,29,30). The SMILES string of the molecule is O=C(O)c1cc(N2CCCN(c3ncccn3)CC2)ccc1NC(=O)C1CCCC1. The van der Waals surface area contributed by atoms with E-state index in [2.05, 4.69) is 25.1 Å². The molecular formula is C22H27N5O3. The maximum absolute atomic E-state index is 12.5. The molecule has 2 heterocycles. The summed E-state index contributed by atoms with van der Waals surface area (Å²) in [7, 11) is 0. The van der Waals surface area contributed by atoms with Gasteiger partial charge in [0, 0.05) is 50.2 Å². The molecule has 2 aromatic rings. The Balaban J connectivity index is 1.48. The molecule has 1 saturated heterocycles. The number of hydrogen-bond acceptors (Lipinski definition) is 6. The topological polar surface area (TPSA) is 98.7 Å². The van der Waals surface area contributed by atoms with Crippen LogP contribution in [0.4, 0.5) is 17.3 Å². The number of rotatable bonds is 5. The van der Waals surface area contributed by atoms with E-state index in [1.165, 1.54) is 0 Å². The van der Waals surface area contributed by atoms with Gasteiger partial charge in [0.25, 0.3) is 0 Å². The number of nitrogens with zero attached hydrogens (tertiary/aromatic N) is 4. The normalized spacial score (nSPS) is 17.6. The average Bonchev–Trinajstić information content (AvgIpc) is 3.19. The highest BCUT2D eigenvalue weighted by Crippen LogP contribution is 2.29. The van der Waals surface area contributed by atoms with Crippen LogP contribution in [0.2, 0.25) is 0 Å². The number of hydrogen-bond donors (Lipinski definition) is 2. The number of benzene rings is 1. The van der Waals surface area contributed by atoms with Crippen LogP contribution in [0.15, 0.2) is 36.7 Å². The Hall–Kier alpha value is -3.16. The third kappa shape index (κ3) is 4.53.